The van der Waals surface area contributed by atoms with Gasteiger partial charge >= 0.3 is 0 Å². The predicted molar refractivity (Wildman–Crippen MR) is 65.6 cm³/mol. The molecule has 2 unspecified atom stereocenters. The Hall–Kier alpha value is -0.930. The van der Waals surface area contributed by atoms with Crippen molar-refractivity contribution in [3.63, 3.8) is 0 Å². The van der Waals surface area contributed by atoms with Crippen LogP contribution in [0.15, 0.2) is 18.2 Å². The largest absolute Gasteiger partial charge is 0.316 e. The Morgan fingerprint density at radius 3 is 2.94 bits per heavy atom. The van der Waals surface area contributed by atoms with Gasteiger partial charge in [0, 0.05) is 18.9 Å². The lowest BCUT2D eigenvalue weighted by Gasteiger charge is -2.13. The first-order chi connectivity index (χ1) is 8.09. The topological polar surface area (TPSA) is 29.1 Å². The molecule has 2 rings (SSSR count). The minimum absolute atomic E-state index is 0.0225. The smallest absolute Gasteiger partial charge is 0.142 e. The zero-order valence-electron chi connectivity index (χ0n) is 9.67. The molecule has 1 aliphatic heterocycles. The maximum atomic E-state index is 13.2. The molecule has 1 N–H and O–H groups in total. The van der Waals surface area contributed by atoms with Crippen LogP contribution < -0.4 is 5.32 Å². The van der Waals surface area contributed by atoms with E-state index in [-0.39, 0.29) is 23.1 Å². The summed E-state index contributed by atoms with van der Waals surface area (Å²) in [5, 5.41) is 3.26. The number of benzene rings is 1. The maximum Gasteiger partial charge on any atom is 0.142 e. The molecule has 17 heavy (non-hydrogen) atoms. The second kappa shape index (κ2) is 5.15. The zero-order valence-corrected chi connectivity index (χ0v) is 10.4. The van der Waals surface area contributed by atoms with Crippen molar-refractivity contribution in [2.24, 2.45) is 11.8 Å². The molecule has 0 aromatic heterocycles. The normalized spacial score (nSPS) is 23.9. The van der Waals surface area contributed by atoms with Crippen LogP contribution in [0.2, 0.25) is 5.02 Å². The fraction of sp³-hybridized carbons (Fsp3) is 0.462. The van der Waals surface area contributed by atoms with Gasteiger partial charge in [0.1, 0.15) is 11.6 Å². The summed E-state index contributed by atoms with van der Waals surface area (Å²) in [5.74, 6) is 0.0359. The second-order valence-electron chi connectivity index (χ2n) is 4.60. The average molecular weight is 256 g/mol. The van der Waals surface area contributed by atoms with E-state index in [1.807, 2.05) is 0 Å². The highest BCUT2D eigenvalue weighted by Crippen LogP contribution is 2.24. The van der Waals surface area contributed by atoms with E-state index in [1.54, 1.807) is 12.1 Å². The molecule has 2 atom stereocenters. The van der Waals surface area contributed by atoms with Gasteiger partial charge in [-0.2, -0.15) is 0 Å². The van der Waals surface area contributed by atoms with E-state index < -0.39 is 5.82 Å². The fourth-order valence-electron chi connectivity index (χ4n) is 2.24. The van der Waals surface area contributed by atoms with Gasteiger partial charge in [-0.3, -0.25) is 4.79 Å². The summed E-state index contributed by atoms with van der Waals surface area (Å²) < 4.78 is 13.2. The van der Waals surface area contributed by atoms with E-state index in [9.17, 15) is 9.18 Å². The van der Waals surface area contributed by atoms with Crippen molar-refractivity contribution >= 4 is 17.4 Å². The van der Waals surface area contributed by atoms with Crippen LogP contribution >= 0.6 is 11.6 Å². The molecule has 2 nitrogen and oxygen atoms in total. The second-order valence-corrected chi connectivity index (χ2v) is 4.98. The summed E-state index contributed by atoms with van der Waals surface area (Å²) in [7, 11) is 0. The van der Waals surface area contributed by atoms with E-state index in [0.717, 1.165) is 6.54 Å². The fourth-order valence-corrected chi connectivity index (χ4v) is 2.44. The van der Waals surface area contributed by atoms with Gasteiger partial charge in [0.2, 0.25) is 0 Å². The van der Waals surface area contributed by atoms with Crippen molar-refractivity contribution < 1.29 is 9.18 Å². The lowest BCUT2D eigenvalue weighted by atomic mass is 9.90. The number of Topliss-reactive ketones (excluding diaryl/α,β-unsaturated/α-hetero) is 1. The summed E-state index contributed by atoms with van der Waals surface area (Å²) in [4.78, 5) is 12.1. The van der Waals surface area contributed by atoms with Gasteiger partial charge in [0.05, 0.1) is 5.02 Å². The molecule has 0 bridgehead atoms. The molecule has 0 saturated carbocycles. The highest BCUT2D eigenvalue weighted by Gasteiger charge is 2.29. The van der Waals surface area contributed by atoms with Crippen LogP contribution in [0.5, 0.6) is 0 Å². The molecule has 1 heterocycles. The van der Waals surface area contributed by atoms with Crippen LogP contribution in [0.1, 0.15) is 12.5 Å². The van der Waals surface area contributed by atoms with Crippen molar-refractivity contribution in [1.29, 1.82) is 0 Å². The van der Waals surface area contributed by atoms with Crippen LogP contribution in [-0.2, 0) is 11.2 Å². The summed E-state index contributed by atoms with van der Waals surface area (Å²) in [6.07, 6.45) is 0.216. The number of halogens is 2. The first-order valence-electron chi connectivity index (χ1n) is 5.76. The molecule has 1 fully saturated rings. The summed E-state index contributed by atoms with van der Waals surface area (Å²) in [6.45, 7) is 3.63. The molecule has 1 saturated heterocycles. The van der Waals surface area contributed by atoms with Crippen LogP contribution in [-0.4, -0.2) is 18.9 Å². The lowest BCUT2D eigenvalue weighted by Crippen LogP contribution is -2.23. The quantitative estimate of drug-likeness (QED) is 0.899. The molecule has 0 aliphatic carbocycles. The molecule has 4 heteroatoms. The molecule has 1 aromatic rings. The number of nitrogens with one attached hydrogen (secondary N) is 1. The van der Waals surface area contributed by atoms with E-state index >= 15 is 0 Å². The minimum atomic E-state index is -0.463. The molecule has 1 aromatic carbocycles. The minimum Gasteiger partial charge on any atom is -0.316 e. The number of carbonyl (C=O) groups excluding carboxylic acids is 1. The van der Waals surface area contributed by atoms with E-state index in [4.69, 9.17) is 11.6 Å². The number of hydrogen-bond donors (Lipinski definition) is 1. The lowest BCUT2D eigenvalue weighted by molar-refractivity contribution is -0.122. The van der Waals surface area contributed by atoms with Gasteiger partial charge in [0.15, 0.2) is 0 Å². The monoisotopic (exact) mass is 255 g/mol. The first kappa shape index (κ1) is 12.5. The maximum absolute atomic E-state index is 13.2. The van der Waals surface area contributed by atoms with Gasteiger partial charge in [-0.1, -0.05) is 30.7 Å². The van der Waals surface area contributed by atoms with Crippen molar-refractivity contribution in [2.45, 2.75) is 13.3 Å². The highest BCUT2D eigenvalue weighted by atomic mass is 35.5. The van der Waals surface area contributed by atoms with Gasteiger partial charge in [-0.05, 0) is 24.1 Å². The van der Waals surface area contributed by atoms with Crippen molar-refractivity contribution in [3.8, 4) is 0 Å². The van der Waals surface area contributed by atoms with Gasteiger partial charge in [-0.25, -0.2) is 4.39 Å². The van der Waals surface area contributed by atoms with E-state index in [2.05, 4.69) is 12.2 Å². The third-order valence-corrected chi connectivity index (χ3v) is 3.75. The third kappa shape index (κ3) is 2.67. The Morgan fingerprint density at radius 2 is 2.29 bits per heavy atom. The van der Waals surface area contributed by atoms with Gasteiger partial charge in [0.25, 0.3) is 0 Å². The van der Waals surface area contributed by atoms with Crippen LogP contribution in [0, 0.1) is 17.7 Å². The van der Waals surface area contributed by atoms with Gasteiger partial charge in [-0.15, -0.1) is 0 Å². The Kier molecular flexibility index (Phi) is 3.79. The van der Waals surface area contributed by atoms with Gasteiger partial charge < -0.3 is 5.32 Å². The zero-order chi connectivity index (χ0) is 12.4. The molecule has 0 amide bonds. The molecular formula is C13H15ClFNO. The Morgan fingerprint density at radius 1 is 1.53 bits per heavy atom. The Bertz CT molecular complexity index is 435. The van der Waals surface area contributed by atoms with E-state index in [0.29, 0.717) is 18.0 Å². The summed E-state index contributed by atoms with van der Waals surface area (Å²) >= 11 is 5.84. The van der Waals surface area contributed by atoms with Crippen molar-refractivity contribution in [3.05, 3.63) is 34.6 Å². The third-order valence-electron chi connectivity index (χ3n) is 3.33. The van der Waals surface area contributed by atoms with Crippen LogP contribution in [0.3, 0.4) is 0 Å². The molecule has 92 valence electrons. The van der Waals surface area contributed by atoms with E-state index in [1.165, 1.54) is 6.07 Å². The molecule has 0 spiro atoms. The summed E-state index contributed by atoms with van der Waals surface area (Å²) in [6, 6.07) is 4.59. The Balaban J connectivity index is 2.10. The number of carbonyl (C=O) groups is 1. The number of hydrogen-bond acceptors (Lipinski definition) is 2. The molecule has 1 aliphatic rings. The average Bonchev–Trinajstić information content (AvgIpc) is 2.71. The standard InChI is InChI=1S/C13H15ClFNO/c1-8-6-16-7-10(8)12(17)5-9-3-2-4-11(15)13(9)14/h2-4,8,10,16H,5-7H2,1H3. The van der Waals surface area contributed by atoms with Crippen LogP contribution in [0.25, 0.3) is 0 Å². The van der Waals surface area contributed by atoms with Crippen LogP contribution in [0.4, 0.5) is 4.39 Å². The number of rotatable bonds is 3. The highest BCUT2D eigenvalue weighted by molar-refractivity contribution is 6.31. The van der Waals surface area contributed by atoms with Crippen molar-refractivity contribution in [1.82, 2.24) is 5.32 Å². The predicted octanol–water partition coefficient (Wildman–Crippen LogP) is 2.45. The number of ketones is 1. The molecule has 0 radical (unpaired) electrons. The SMILES string of the molecule is CC1CNCC1C(=O)Cc1cccc(F)c1Cl. The Labute approximate surface area is 105 Å². The van der Waals surface area contributed by atoms with Crippen molar-refractivity contribution in [2.75, 3.05) is 13.1 Å². The molecular weight excluding hydrogens is 241 g/mol. The first-order valence-corrected chi connectivity index (χ1v) is 6.13. The summed E-state index contributed by atoms with van der Waals surface area (Å²) in [5.41, 5.74) is 0.579.